The number of hydrogen-bond acceptors (Lipinski definition) is 2. The number of anilines is 2. The van der Waals surface area contributed by atoms with Gasteiger partial charge in [0.25, 0.3) is 0 Å². The van der Waals surface area contributed by atoms with Gasteiger partial charge in [-0.2, -0.15) is 0 Å². The fourth-order valence-electron chi connectivity index (χ4n) is 9.15. The van der Waals surface area contributed by atoms with E-state index in [0.717, 1.165) is 17.8 Å². The van der Waals surface area contributed by atoms with Crippen molar-refractivity contribution in [1.29, 1.82) is 0 Å². The summed E-state index contributed by atoms with van der Waals surface area (Å²) < 4.78 is 0. The van der Waals surface area contributed by atoms with Crippen LogP contribution in [0.2, 0.25) is 0 Å². The van der Waals surface area contributed by atoms with E-state index in [1.54, 1.807) is 0 Å². The van der Waals surface area contributed by atoms with Crippen molar-refractivity contribution in [2.24, 2.45) is 4.99 Å². The van der Waals surface area contributed by atoms with Crippen molar-refractivity contribution in [3.63, 3.8) is 0 Å². The third-order valence-electron chi connectivity index (χ3n) is 12.0. The number of para-hydroxylation sites is 1. The molecule has 0 fully saturated rings. The van der Waals surface area contributed by atoms with E-state index < -0.39 is 0 Å². The highest BCUT2D eigenvalue weighted by molar-refractivity contribution is 6.22. The number of benzene rings is 10. The van der Waals surface area contributed by atoms with Gasteiger partial charge in [0.05, 0.1) is 5.69 Å². The molecule has 0 unspecified atom stereocenters. The van der Waals surface area contributed by atoms with Crippen LogP contribution < -0.4 is 4.90 Å². The van der Waals surface area contributed by atoms with Crippen molar-refractivity contribution < 1.29 is 0 Å². The summed E-state index contributed by atoms with van der Waals surface area (Å²) in [4.78, 5) is 6.78. The second-order valence-electron chi connectivity index (χ2n) is 15.6. The van der Waals surface area contributed by atoms with Crippen LogP contribution in [0.25, 0.3) is 87.6 Å². The second kappa shape index (κ2) is 14.8. The predicted octanol–water partition coefficient (Wildman–Crippen LogP) is 15.8. The van der Waals surface area contributed by atoms with E-state index in [1.807, 2.05) is 18.4 Å². The van der Waals surface area contributed by atoms with Crippen LogP contribution >= 0.6 is 0 Å². The van der Waals surface area contributed by atoms with E-state index >= 15 is 0 Å². The smallest absolute Gasteiger partial charge is 0.130 e. The Balaban J connectivity index is 0.964. The molecular formula is C58H40N2. The van der Waals surface area contributed by atoms with Gasteiger partial charge < -0.3 is 0 Å². The molecule has 0 radical (unpaired) electrons. The molecule has 0 saturated carbocycles. The molecule has 2 nitrogen and oxygen atoms in total. The Hall–Kier alpha value is -7.81. The molecule has 10 aromatic carbocycles. The molecule has 2 heteroatoms. The van der Waals surface area contributed by atoms with Gasteiger partial charge in [-0.1, -0.05) is 164 Å². The Kier molecular flexibility index (Phi) is 8.75. The van der Waals surface area contributed by atoms with Gasteiger partial charge in [-0.15, -0.1) is 0 Å². The van der Waals surface area contributed by atoms with Crippen molar-refractivity contribution in [1.82, 2.24) is 0 Å². The fraction of sp³-hybridized carbons (Fsp3) is 0.0172. The number of rotatable bonds is 5. The van der Waals surface area contributed by atoms with Gasteiger partial charge >= 0.3 is 0 Å². The summed E-state index contributed by atoms with van der Waals surface area (Å²) >= 11 is 0. The third kappa shape index (κ3) is 6.27. The Morgan fingerprint density at radius 3 is 1.53 bits per heavy atom. The van der Waals surface area contributed by atoms with E-state index in [9.17, 15) is 0 Å². The van der Waals surface area contributed by atoms with Crippen LogP contribution in [-0.2, 0) is 6.42 Å². The lowest BCUT2D eigenvalue weighted by Crippen LogP contribution is -2.16. The lowest BCUT2D eigenvalue weighted by molar-refractivity contribution is 1.11. The minimum atomic E-state index is 0.684. The van der Waals surface area contributed by atoms with E-state index in [4.69, 9.17) is 0 Å². The van der Waals surface area contributed by atoms with Crippen molar-refractivity contribution in [2.75, 3.05) is 4.90 Å². The van der Waals surface area contributed by atoms with Gasteiger partial charge in [0.2, 0.25) is 0 Å². The first-order valence-electron chi connectivity index (χ1n) is 20.6. The van der Waals surface area contributed by atoms with Crippen LogP contribution in [0.3, 0.4) is 0 Å². The van der Waals surface area contributed by atoms with Crippen LogP contribution in [-0.4, -0.2) is 6.21 Å². The molecule has 0 aliphatic carbocycles. The third-order valence-corrected chi connectivity index (χ3v) is 12.0. The lowest BCUT2D eigenvalue weighted by atomic mass is 9.85. The molecule has 0 aromatic heterocycles. The molecule has 0 atom stereocenters. The molecule has 60 heavy (non-hydrogen) atoms. The van der Waals surface area contributed by atoms with Crippen molar-refractivity contribution in [3.8, 4) is 44.5 Å². The SMILES string of the molecule is C=C1N=C/C=C\Cc2cc(-c3cccc(-c4ccc5cc(-c6c7ccccc7c(-c7ccc8ccccc8c7)c7ccccc67)ccc5c4)c3)ccc2N1c1ccccc1. The Morgan fingerprint density at radius 2 is 0.883 bits per heavy atom. The zero-order chi connectivity index (χ0) is 40.0. The number of aliphatic imine (C=N–C) groups is 1. The monoisotopic (exact) mass is 764 g/mol. The fourth-order valence-corrected chi connectivity index (χ4v) is 9.15. The van der Waals surface area contributed by atoms with Gasteiger partial charge in [-0.3, -0.25) is 4.90 Å². The predicted molar refractivity (Wildman–Crippen MR) is 257 cm³/mol. The van der Waals surface area contributed by atoms with E-state index in [0.29, 0.717) is 5.82 Å². The minimum absolute atomic E-state index is 0.684. The lowest BCUT2D eigenvalue weighted by Gasteiger charge is -2.27. The van der Waals surface area contributed by atoms with Gasteiger partial charge in [-0.05, 0) is 154 Å². The van der Waals surface area contributed by atoms with Crippen molar-refractivity contribution in [3.05, 3.63) is 230 Å². The first-order valence-corrected chi connectivity index (χ1v) is 20.6. The van der Waals surface area contributed by atoms with Gasteiger partial charge in [-0.25, -0.2) is 4.99 Å². The molecule has 1 aliphatic heterocycles. The summed E-state index contributed by atoms with van der Waals surface area (Å²) in [5.41, 5.74) is 13.1. The zero-order valence-corrected chi connectivity index (χ0v) is 33.1. The largest absolute Gasteiger partial charge is 0.295 e. The molecular weight excluding hydrogens is 725 g/mol. The summed E-state index contributed by atoms with van der Waals surface area (Å²) in [6.45, 7) is 4.32. The first kappa shape index (κ1) is 35.4. The summed E-state index contributed by atoms with van der Waals surface area (Å²) in [6.07, 6.45) is 6.79. The summed E-state index contributed by atoms with van der Waals surface area (Å²) in [7, 11) is 0. The Morgan fingerprint density at radius 1 is 0.400 bits per heavy atom. The number of hydrogen-bond donors (Lipinski definition) is 0. The highest BCUT2D eigenvalue weighted by atomic mass is 15.2. The molecule has 0 saturated heterocycles. The maximum absolute atomic E-state index is 4.63. The van der Waals surface area contributed by atoms with Gasteiger partial charge in [0.1, 0.15) is 5.82 Å². The Labute approximate surface area is 350 Å². The van der Waals surface area contributed by atoms with Crippen LogP contribution in [0.15, 0.2) is 230 Å². The molecule has 0 spiro atoms. The molecule has 282 valence electrons. The number of fused-ring (bicyclic) bond motifs is 5. The van der Waals surface area contributed by atoms with E-state index in [-0.39, 0.29) is 0 Å². The molecule has 1 aliphatic rings. The second-order valence-corrected chi connectivity index (χ2v) is 15.6. The average Bonchev–Trinajstić information content (AvgIpc) is 3.38. The van der Waals surface area contributed by atoms with Crippen LogP contribution in [0.1, 0.15) is 5.56 Å². The summed E-state index contributed by atoms with van der Waals surface area (Å²) in [5, 5.41) is 10.0. The zero-order valence-electron chi connectivity index (χ0n) is 33.1. The highest BCUT2D eigenvalue weighted by Gasteiger charge is 2.19. The number of allylic oxidation sites excluding steroid dienone is 2. The van der Waals surface area contributed by atoms with E-state index in [1.165, 1.54) is 93.2 Å². The summed E-state index contributed by atoms with van der Waals surface area (Å²) in [5.74, 6) is 0.684. The maximum Gasteiger partial charge on any atom is 0.130 e. The molecule has 0 amide bonds. The molecule has 0 bridgehead atoms. The molecule has 0 N–H and O–H groups in total. The molecule has 1 heterocycles. The highest BCUT2D eigenvalue weighted by Crippen LogP contribution is 2.45. The summed E-state index contributed by atoms with van der Waals surface area (Å²) in [6, 6.07) is 73.1. The minimum Gasteiger partial charge on any atom is -0.295 e. The van der Waals surface area contributed by atoms with E-state index in [2.05, 4.69) is 217 Å². The number of nitrogens with zero attached hydrogens (tertiary/aromatic N) is 2. The molecule has 11 rings (SSSR count). The topological polar surface area (TPSA) is 15.6 Å². The van der Waals surface area contributed by atoms with Crippen LogP contribution in [0.4, 0.5) is 11.4 Å². The van der Waals surface area contributed by atoms with Crippen LogP contribution in [0, 0.1) is 0 Å². The standard InChI is InChI=1S/C58H40N2/c1-39-59-33-12-11-16-48-36-47(31-32-56(48)60(39)51-19-3-2-4-20-51)43-18-13-17-42(34-43)44-26-27-46-38-50(30-28-45(46)35-44)58-54-23-9-7-21-52(54)57(53-22-8-10-24-55(53)58)49-29-25-40-14-5-6-15-41(40)37-49/h2-15,17-38H,1,16H2/b12-11-,59-33?. The van der Waals surface area contributed by atoms with Crippen LogP contribution in [0.5, 0.6) is 0 Å². The average molecular weight is 765 g/mol. The first-order chi connectivity index (χ1) is 29.7. The quantitative estimate of drug-likeness (QED) is 0.159. The Bertz CT molecular complexity index is 3310. The molecule has 10 aromatic rings. The van der Waals surface area contributed by atoms with Gasteiger partial charge in [0, 0.05) is 11.9 Å². The van der Waals surface area contributed by atoms with Gasteiger partial charge in [0.15, 0.2) is 0 Å². The van der Waals surface area contributed by atoms with Crippen molar-refractivity contribution >= 4 is 60.7 Å². The normalized spacial score (nSPS) is 13.3. The maximum atomic E-state index is 4.63. The van der Waals surface area contributed by atoms with Crippen molar-refractivity contribution in [2.45, 2.75) is 6.42 Å².